The molecule has 0 aliphatic carbocycles. The average Bonchev–Trinajstić information content (AvgIpc) is 2.52. The summed E-state index contributed by atoms with van der Waals surface area (Å²) in [4.78, 5) is 14.9. The number of aromatic nitrogens is 1. The van der Waals surface area contributed by atoms with Crippen molar-refractivity contribution in [3.63, 3.8) is 0 Å². The van der Waals surface area contributed by atoms with Crippen LogP contribution in [0.2, 0.25) is 0 Å². The molecule has 1 aromatic heterocycles. The van der Waals surface area contributed by atoms with Gasteiger partial charge in [0, 0.05) is 24.4 Å². The summed E-state index contributed by atoms with van der Waals surface area (Å²) in [6.07, 6.45) is 9.01. The van der Waals surface area contributed by atoms with E-state index in [1.54, 1.807) is 6.20 Å². The minimum absolute atomic E-state index is 0.255. The number of pyridine rings is 1. The van der Waals surface area contributed by atoms with Crippen LogP contribution in [0.15, 0.2) is 60.9 Å². The molecule has 21 heavy (non-hydrogen) atoms. The Morgan fingerprint density at radius 2 is 1.81 bits per heavy atom. The van der Waals surface area contributed by atoms with Crippen molar-refractivity contribution < 1.29 is 4.79 Å². The molecule has 3 heteroatoms. The Hall–Kier alpha value is -1.93. The molecule has 0 amide bonds. The highest BCUT2D eigenvalue weighted by Crippen LogP contribution is 2.23. The smallest absolute Gasteiger partial charge is 0.221 e. The van der Waals surface area contributed by atoms with Crippen molar-refractivity contribution in [1.29, 1.82) is 0 Å². The Kier molecular flexibility index (Phi) is 6.17. The minimum atomic E-state index is -0.255. The van der Waals surface area contributed by atoms with Crippen molar-refractivity contribution in [3.05, 3.63) is 72.1 Å². The number of carbonyl (C=O) groups excluding carboxylic acids is 1. The molecule has 0 unspecified atom stereocenters. The maximum atomic E-state index is 10.7. The fraction of sp³-hybridized carbons (Fsp3) is 0.222. The summed E-state index contributed by atoms with van der Waals surface area (Å²) in [6, 6.07) is 14.3. The first kappa shape index (κ1) is 15.5. The van der Waals surface area contributed by atoms with Gasteiger partial charge in [-0.25, -0.2) is 0 Å². The molecule has 2 nitrogen and oxygen atoms in total. The van der Waals surface area contributed by atoms with Gasteiger partial charge in [-0.1, -0.05) is 42.5 Å². The number of benzene rings is 1. The highest BCUT2D eigenvalue weighted by Gasteiger charge is 2.04. The van der Waals surface area contributed by atoms with E-state index in [0.717, 1.165) is 24.8 Å². The lowest BCUT2D eigenvalue weighted by atomic mass is 9.97. The van der Waals surface area contributed by atoms with Gasteiger partial charge in [0.05, 0.1) is 0 Å². The highest BCUT2D eigenvalue weighted by molar-refractivity contribution is 6.63. The van der Waals surface area contributed by atoms with Crippen LogP contribution >= 0.6 is 11.6 Å². The van der Waals surface area contributed by atoms with E-state index in [2.05, 4.69) is 29.3 Å². The summed E-state index contributed by atoms with van der Waals surface area (Å²) in [6.45, 7) is 0. The van der Waals surface area contributed by atoms with Crippen LogP contribution in [-0.2, 0) is 4.79 Å². The number of carbonyl (C=O) groups is 1. The van der Waals surface area contributed by atoms with E-state index in [4.69, 9.17) is 11.6 Å². The van der Waals surface area contributed by atoms with Crippen molar-refractivity contribution in [3.8, 4) is 0 Å². The van der Waals surface area contributed by atoms with Gasteiger partial charge < -0.3 is 0 Å². The highest BCUT2D eigenvalue weighted by atomic mass is 35.5. The molecule has 0 aliphatic heterocycles. The van der Waals surface area contributed by atoms with Crippen LogP contribution in [0, 0.1) is 0 Å². The first-order valence-electron chi connectivity index (χ1n) is 7.11. The summed E-state index contributed by atoms with van der Waals surface area (Å²) >= 11 is 5.35. The predicted molar refractivity (Wildman–Crippen MR) is 87.1 cm³/mol. The molecule has 0 radical (unpaired) electrons. The van der Waals surface area contributed by atoms with Gasteiger partial charge in [-0.2, -0.15) is 0 Å². The zero-order chi connectivity index (χ0) is 14.9. The molecule has 1 heterocycles. The third-order valence-electron chi connectivity index (χ3n) is 3.23. The van der Waals surface area contributed by atoms with Crippen LogP contribution in [-0.4, -0.2) is 10.2 Å². The molecule has 0 atom stereocenters. The number of halogens is 1. The number of unbranched alkanes of at least 4 members (excludes halogenated alkanes) is 2. The van der Waals surface area contributed by atoms with Crippen molar-refractivity contribution in [2.24, 2.45) is 0 Å². The number of nitrogens with zero attached hydrogens (tertiary/aromatic N) is 1. The van der Waals surface area contributed by atoms with Gasteiger partial charge >= 0.3 is 0 Å². The largest absolute Gasteiger partial charge is 0.281 e. The molecule has 2 aromatic rings. The summed E-state index contributed by atoms with van der Waals surface area (Å²) in [5.74, 6) is 0. The number of hydrogen-bond donors (Lipinski definition) is 0. The Morgan fingerprint density at radius 1 is 1.05 bits per heavy atom. The molecule has 0 saturated carbocycles. The van der Waals surface area contributed by atoms with Gasteiger partial charge in [-0.05, 0) is 48.1 Å². The van der Waals surface area contributed by atoms with E-state index < -0.39 is 0 Å². The van der Waals surface area contributed by atoms with Crippen LogP contribution in [0.1, 0.15) is 36.8 Å². The van der Waals surface area contributed by atoms with Gasteiger partial charge in [-0.3, -0.25) is 9.78 Å². The molecule has 0 bridgehead atoms. The van der Waals surface area contributed by atoms with Crippen molar-refractivity contribution in [1.82, 2.24) is 4.98 Å². The number of rotatable bonds is 7. The van der Waals surface area contributed by atoms with E-state index in [-0.39, 0.29) is 5.24 Å². The van der Waals surface area contributed by atoms with E-state index in [0.29, 0.717) is 6.42 Å². The van der Waals surface area contributed by atoms with Crippen LogP contribution in [0.25, 0.3) is 5.57 Å². The quantitative estimate of drug-likeness (QED) is 0.541. The second-order valence-electron chi connectivity index (χ2n) is 4.83. The maximum Gasteiger partial charge on any atom is 0.221 e. The summed E-state index contributed by atoms with van der Waals surface area (Å²) in [5, 5.41) is -0.255. The lowest BCUT2D eigenvalue weighted by Crippen LogP contribution is -1.90. The fourth-order valence-electron chi connectivity index (χ4n) is 2.20. The lowest BCUT2D eigenvalue weighted by Gasteiger charge is -2.08. The summed E-state index contributed by atoms with van der Waals surface area (Å²) in [7, 11) is 0. The van der Waals surface area contributed by atoms with Gasteiger partial charge in [0.1, 0.15) is 0 Å². The molecule has 1 aromatic carbocycles. The minimum Gasteiger partial charge on any atom is -0.281 e. The Labute approximate surface area is 130 Å². The first-order chi connectivity index (χ1) is 10.3. The third kappa shape index (κ3) is 5.16. The SMILES string of the molecule is O=C(Cl)CCCC/C=C(\c1ccccc1)c1cccnc1. The standard InChI is InChI=1S/C18H18ClNO/c19-18(21)12-6-2-5-11-17(15-8-3-1-4-9-15)16-10-7-13-20-14-16/h1,3-4,7-11,13-14H,2,5-6,12H2/b17-11+. The molecule has 0 N–H and O–H groups in total. The second kappa shape index (κ2) is 8.38. The monoisotopic (exact) mass is 299 g/mol. The van der Waals surface area contributed by atoms with E-state index >= 15 is 0 Å². The Morgan fingerprint density at radius 3 is 2.48 bits per heavy atom. The topological polar surface area (TPSA) is 30.0 Å². The van der Waals surface area contributed by atoms with Crippen LogP contribution in [0.3, 0.4) is 0 Å². The molecule has 0 spiro atoms. The number of hydrogen-bond acceptors (Lipinski definition) is 2. The van der Waals surface area contributed by atoms with Crippen LogP contribution < -0.4 is 0 Å². The second-order valence-corrected chi connectivity index (χ2v) is 5.25. The maximum absolute atomic E-state index is 10.7. The normalized spacial score (nSPS) is 11.4. The van der Waals surface area contributed by atoms with Gasteiger partial charge in [0.2, 0.25) is 5.24 Å². The zero-order valence-electron chi connectivity index (χ0n) is 11.8. The van der Waals surface area contributed by atoms with E-state index in [1.165, 1.54) is 11.1 Å². The van der Waals surface area contributed by atoms with Gasteiger partial charge in [-0.15, -0.1) is 0 Å². The summed E-state index contributed by atoms with van der Waals surface area (Å²) < 4.78 is 0. The van der Waals surface area contributed by atoms with Crippen molar-refractivity contribution in [2.45, 2.75) is 25.7 Å². The predicted octanol–water partition coefficient (Wildman–Crippen LogP) is 4.84. The molecule has 2 rings (SSSR count). The molecular formula is C18H18ClNO. The lowest BCUT2D eigenvalue weighted by molar-refractivity contribution is -0.111. The van der Waals surface area contributed by atoms with E-state index in [9.17, 15) is 4.79 Å². The van der Waals surface area contributed by atoms with Crippen molar-refractivity contribution in [2.75, 3.05) is 0 Å². The average molecular weight is 300 g/mol. The van der Waals surface area contributed by atoms with Crippen LogP contribution in [0.5, 0.6) is 0 Å². The molecule has 0 fully saturated rings. The van der Waals surface area contributed by atoms with Crippen molar-refractivity contribution >= 4 is 22.4 Å². The third-order valence-corrected chi connectivity index (χ3v) is 3.42. The molecular weight excluding hydrogens is 282 g/mol. The molecule has 108 valence electrons. The fourth-order valence-corrected chi connectivity index (χ4v) is 2.33. The Balaban J connectivity index is 2.11. The number of allylic oxidation sites excluding steroid dienone is 1. The van der Waals surface area contributed by atoms with E-state index in [1.807, 2.05) is 30.5 Å². The summed E-state index contributed by atoms with van der Waals surface area (Å²) in [5.41, 5.74) is 3.47. The molecule has 0 saturated heterocycles. The van der Waals surface area contributed by atoms with Gasteiger partial charge in [0.25, 0.3) is 0 Å². The zero-order valence-corrected chi connectivity index (χ0v) is 12.6. The first-order valence-corrected chi connectivity index (χ1v) is 7.49. The Bertz CT molecular complexity index is 552. The molecule has 0 aliphatic rings. The van der Waals surface area contributed by atoms with Gasteiger partial charge in [0.15, 0.2) is 0 Å². The van der Waals surface area contributed by atoms with Crippen LogP contribution in [0.4, 0.5) is 0 Å².